The zero-order valence-corrected chi connectivity index (χ0v) is 11.4. The fourth-order valence-electron chi connectivity index (χ4n) is 1.98. The van der Waals surface area contributed by atoms with Gasteiger partial charge in [-0.1, -0.05) is 6.07 Å². The van der Waals surface area contributed by atoms with E-state index in [9.17, 15) is 13.6 Å². The van der Waals surface area contributed by atoms with Crippen LogP contribution in [0.5, 0.6) is 11.5 Å². The Kier molecular flexibility index (Phi) is 3.78. The van der Waals surface area contributed by atoms with Crippen molar-refractivity contribution in [1.82, 2.24) is 5.32 Å². The molecule has 5 nitrogen and oxygen atoms in total. The van der Waals surface area contributed by atoms with Gasteiger partial charge in [-0.05, 0) is 29.8 Å². The van der Waals surface area contributed by atoms with E-state index < -0.39 is 17.7 Å². The second-order valence-electron chi connectivity index (χ2n) is 4.62. The molecule has 7 heteroatoms. The molecule has 2 aromatic carbocycles. The molecule has 2 amide bonds. The summed E-state index contributed by atoms with van der Waals surface area (Å²) in [5.74, 6) is -0.699. The summed E-state index contributed by atoms with van der Waals surface area (Å²) >= 11 is 0. The molecule has 0 saturated carbocycles. The Morgan fingerprint density at radius 3 is 2.68 bits per heavy atom. The van der Waals surface area contributed by atoms with E-state index >= 15 is 0 Å². The van der Waals surface area contributed by atoms with Gasteiger partial charge in [0, 0.05) is 18.3 Å². The first-order valence-electron chi connectivity index (χ1n) is 6.50. The van der Waals surface area contributed by atoms with Gasteiger partial charge in [-0.2, -0.15) is 0 Å². The van der Waals surface area contributed by atoms with Gasteiger partial charge >= 0.3 is 6.03 Å². The summed E-state index contributed by atoms with van der Waals surface area (Å²) in [5.41, 5.74) is 0.992. The number of fused-ring (bicyclic) bond motifs is 1. The number of halogens is 2. The van der Waals surface area contributed by atoms with Crippen LogP contribution in [-0.4, -0.2) is 12.8 Å². The molecule has 22 heavy (non-hydrogen) atoms. The SMILES string of the molecule is O=C(NCc1ccc2c(c1)OCO2)Nc1ccc(F)c(F)c1. The standard InChI is InChI=1S/C15H12F2N2O3/c16-11-3-2-10(6-12(11)17)19-15(20)18-7-9-1-4-13-14(5-9)22-8-21-13/h1-6H,7-8H2,(H2,18,19,20). The first kappa shape index (κ1) is 14.1. The van der Waals surface area contributed by atoms with Crippen LogP contribution in [0.2, 0.25) is 0 Å². The van der Waals surface area contributed by atoms with Crippen LogP contribution in [0.1, 0.15) is 5.56 Å². The van der Waals surface area contributed by atoms with Crippen LogP contribution < -0.4 is 20.1 Å². The molecule has 0 bridgehead atoms. The number of nitrogens with one attached hydrogen (secondary N) is 2. The number of ether oxygens (including phenoxy) is 2. The van der Waals surface area contributed by atoms with Crippen LogP contribution in [0, 0.1) is 11.6 Å². The van der Waals surface area contributed by atoms with Crippen molar-refractivity contribution in [3.8, 4) is 11.5 Å². The quantitative estimate of drug-likeness (QED) is 0.916. The minimum atomic E-state index is -1.02. The molecule has 0 atom stereocenters. The van der Waals surface area contributed by atoms with Crippen LogP contribution in [0.3, 0.4) is 0 Å². The highest BCUT2D eigenvalue weighted by Crippen LogP contribution is 2.32. The largest absolute Gasteiger partial charge is 0.454 e. The zero-order valence-electron chi connectivity index (χ0n) is 11.4. The third kappa shape index (κ3) is 3.08. The lowest BCUT2D eigenvalue weighted by Crippen LogP contribution is -2.28. The Hall–Kier alpha value is -2.83. The molecule has 1 heterocycles. The van der Waals surface area contributed by atoms with Crippen LogP contribution in [0.15, 0.2) is 36.4 Å². The predicted molar refractivity (Wildman–Crippen MR) is 74.8 cm³/mol. The minimum absolute atomic E-state index is 0.169. The number of amides is 2. The summed E-state index contributed by atoms with van der Waals surface area (Å²) in [6.07, 6.45) is 0. The predicted octanol–water partition coefficient (Wildman–Crippen LogP) is 3.02. The molecule has 2 N–H and O–H groups in total. The fraction of sp³-hybridized carbons (Fsp3) is 0.133. The highest BCUT2D eigenvalue weighted by molar-refractivity contribution is 5.89. The van der Waals surface area contributed by atoms with E-state index in [-0.39, 0.29) is 19.0 Å². The Morgan fingerprint density at radius 2 is 1.86 bits per heavy atom. The first-order valence-corrected chi connectivity index (χ1v) is 6.50. The van der Waals surface area contributed by atoms with Gasteiger partial charge < -0.3 is 20.1 Å². The number of anilines is 1. The van der Waals surface area contributed by atoms with Gasteiger partial charge in [0.05, 0.1) is 0 Å². The van der Waals surface area contributed by atoms with E-state index in [0.29, 0.717) is 11.5 Å². The molecule has 1 aliphatic heterocycles. The molecular weight excluding hydrogens is 294 g/mol. The number of carbonyl (C=O) groups is 1. The number of carbonyl (C=O) groups excluding carboxylic acids is 1. The van der Waals surface area contributed by atoms with Crippen molar-refractivity contribution in [3.05, 3.63) is 53.6 Å². The number of urea groups is 1. The van der Waals surface area contributed by atoms with Crippen LogP contribution in [0.4, 0.5) is 19.3 Å². The van der Waals surface area contributed by atoms with Gasteiger partial charge in [0.1, 0.15) is 0 Å². The van der Waals surface area contributed by atoms with Gasteiger partial charge in [-0.25, -0.2) is 13.6 Å². The Balaban J connectivity index is 1.57. The molecule has 3 rings (SSSR count). The minimum Gasteiger partial charge on any atom is -0.454 e. The fourth-order valence-corrected chi connectivity index (χ4v) is 1.98. The van der Waals surface area contributed by atoms with Crippen molar-refractivity contribution in [2.75, 3.05) is 12.1 Å². The Morgan fingerprint density at radius 1 is 1.05 bits per heavy atom. The van der Waals surface area contributed by atoms with Gasteiger partial charge in [0.2, 0.25) is 6.79 Å². The van der Waals surface area contributed by atoms with Crippen molar-refractivity contribution < 1.29 is 23.0 Å². The lowest BCUT2D eigenvalue weighted by molar-refractivity contribution is 0.174. The molecule has 0 saturated heterocycles. The number of hydrogen-bond acceptors (Lipinski definition) is 3. The summed E-state index contributed by atoms with van der Waals surface area (Å²) in [4.78, 5) is 11.7. The van der Waals surface area contributed by atoms with E-state index in [2.05, 4.69) is 10.6 Å². The van der Waals surface area contributed by atoms with Crippen molar-refractivity contribution in [2.24, 2.45) is 0 Å². The van der Waals surface area contributed by atoms with Crippen molar-refractivity contribution >= 4 is 11.7 Å². The second-order valence-corrected chi connectivity index (χ2v) is 4.62. The van der Waals surface area contributed by atoms with Gasteiger partial charge in [0.15, 0.2) is 23.1 Å². The normalized spacial score (nSPS) is 12.1. The van der Waals surface area contributed by atoms with Crippen LogP contribution in [0.25, 0.3) is 0 Å². The smallest absolute Gasteiger partial charge is 0.319 e. The molecule has 0 aliphatic carbocycles. The van der Waals surface area contributed by atoms with Crippen molar-refractivity contribution in [2.45, 2.75) is 6.54 Å². The molecule has 2 aromatic rings. The van der Waals surface area contributed by atoms with E-state index in [1.54, 1.807) is 18.2 Å². The third-order valence-electron chi connectivity index (χ3n) is 3.07. The summed E-state index contributed by atoms with van der Waals surface area (Å²) in [7, 11) is 0. The maximum absolute atomic E-state index is 13.0. The second kappa shape index (κ2) is 5.88. The molecule has 0 unspecified atom stereocenters. The monoisotopic (exact) mass is 306 g/mol. The maximum atomic E-state index is 13.0. The number of benzene rings is 2. The average Bonchev–Trinajstić information content (AvgIpc) is 2.96. The van der Waals surface area contributed by atoms with E-state index in [0.717, 1.165) is 17.7 Å². The summed E-state index contributed by atoms with van der Waals surface area (Å²) < 4.78 is 36.3. The zero-order chi connectivity index (χ0) is 15.5. The summed E-state index contributed by atoms with van der Waals surface area (Å²) in [5, 5.41) is 5.03. The lowest BCUT2D eigenvalue weighted by Gasteiger charge is -2.08. The highest BCUT2D eigenvalue weighted by atomic mass is 19.2. The maximum Gasteiger partial charge on any atom is 0.319 e. The lowest BCUT2D eigenvalue weighted by atomic mass is 10.2. The highest BCUT2D eigenvalue weighted by Gasteiger charge is 2.13. The van der Waals surface area contributed by atoms with Crippen molar-refractivity contribution in [1.29, 1.82) is 0 Å². The Bertz CT molecular complexity index is 722. The third-order valence-corrected chi connectivity index (χ3v) is 3.07. The molecule has 1 aliphatic rings. The average molecular weight is 306 g/mol. The van der Waals surface area contributed by atoms with Crippen LogP contribution >= 0.6 is 0 Å². The summed E-state index contributed by atoms with van der Waals surface area (Å²) in [6.45, 7) is 0.439. The molecule has 0 spiro atoms. The van der Waals surface area contributed by atoms with E-state index in [4.69, 9.17) is 9.47 Å². The van der Waals surface area contributed by atoms with Crippen molar-refractivity contribution in [3.63, 3.8) is 0 Å². The molecule has 0 fully saturated rings. The van der Waals surface area contributed by atoms with E-state index in [1.165, 1.54) is 6.07 Å². The first-order chi connectivity index (χ1) is 10.6. The molecule has 114 valence electrons. The van der Waals surface area contributed by atoms with Gasteiger partial charge in [0.25, 0.3) is 0 Å². The number of hydrogen-bond donors (Lipinski definition) is 2. The van der Waals surface area contributed by atoms with Gasteiger partial charge in [-0.15, -0.1) is 0 Å². The van der Waals surface area contributed by atoms with Gasteiger partial charge in [-0.3, -0.25) is 0 Å². The topological polar surface area (TPSA) is 59.6 Å². The number of rotatable bonds is 3. The van der Waals surface area contributed by atoms with E-state index in [1.807, 2.05) is 0 Å². The van der Waals surface area contributed by atoms with Crippen LogP contribution in [-0.2, 0) is 6.54 Å². The Labute approximate surface area is 124 Å². The molecule has 0 aromatic heterocycles. The summed E-state index contributed by atoms with van der Waals surface area (Å²) in [6, 6.07) is 7.93. The molecule has 0 radical (unpaired) electrons. The molecular formula is C15H12F2N2O3.